The lowest BCUT2D eigenvalue weighted by molar-refractivity contribution is -0.116. The molecule has 3 aromatic rings. The van der Waals surface area contributed by atoms with Crippen molar-refractivity contribution in [1.29, 1.82) is 0 Å². The van der Waals surface area contributed by atoms with Crippen LogP contribution in [0.5, 0.6) is 5.75 Å². The lowest BCUT2D eigenvalue weighted by atomic mass is 10.1. The molecule has 0 fully saturated rings. The number of benzene rings is 2. The highest BCUT2D eigenvalue weighted by Crippen LogP contribution is 2.25. The summed E-state index contributed by atoms with van der Waals surface area (Å²) in [4.78, 5) is 40.6. The summed E-state index contributed by atoms with van der Waals surface area (Å²) >= 11 is 0. The lowest BCUT2D eigenvalue weighted by Crippen LogP contribution is -2.28. The molecule has 3 N–H and O–H groups in total. The molecule has 0 radical (unpaired) electrons. The molecule has 8 nitrogen and oxygen atoms in total. The Kier molecular flexibility index (Phi) is 4.89. The van der Waals surface area contributed by atoms with Crippen LogP contribution in [0.3, 0.4) is 0 Å². The predicted octanol–water partition coefficient (Wildman–Crippen LogP) is 1.45. The van der Waals surface area contributed by atoms with E-state index in [9.17, 15) is 14.4 Å². The molecule has 1 heterocycles. The maximum absolute atomic E-state index is 12.6. The Bertz CT molecular complexity index is 1100. The van der Waals surface area contributed by atoms with Gasteiger partial charge in [0, 0.05) is 5.56 Å². The van der Waals surface area contributed by atoms with Crippen LogP contribution in [-0.2, 0) is 11.3 Å². The Morgan fingerprint density at radius 3 is 2.74 bits per heavy atom. The summed E-state index contributed by atoms with van der Waals surface area (Å²) in [5.41, 5.74) is 6.96. The van der Waals surface area contributed by atoms with Crippen molar-refractivity contribution < 1.29 is 14.3 Å². The van der Waals surface area contributed by atoms with E-state index in [2.05, 4.69) is 10.3 Å². The van der Waals surface area contributed by atoms with Crippen molar-refractivity contribution in [2.24, 2.45) is 5.73 Å². The SMILES string of the molecule is COc1ccc(C(N)=O)cc1NC(=O)Cn1cnc2c(C)cccc2c1=O. The first-order valence-electron chi connectivity index (χ1n) is 8.13. The molecule has 0 saturated heterocycles. The molecule has 0 aliphatic carbocycles. The van der Waals surface area contributed by atoms with Crippen LogP contribution >= 0.6 is 0 Å². The molecule has 2 aromatic carbocycles. The average Bonchev–Trinajstić information content (AvgIpc) is 2.64. The van der Waals surface area contributed by atoms with Gasteiger partial charge in [0.05, 0.1) is 30.0 Å². The van der Waals surface area contributed by atoms with Crippen LogP contribution in [0.4, 0.5) is 5.69 Å². The maximum Gasteiger partial charge on any atom is 0.261 e. The van der Waals surface area contributed by atoms with E-state index in [4.69, 9.17) is 10.5 Å². The van der Waals surface area contributed by atoms with Crippen LogP contribution in [0.15, 0.2) is 47.5 Å². The average molecular weight is 366 g/mol. The van der Waals surface area contributed by atoms with Gasteiger partial charge in [0.25, 0.3) is 5.56 Å². The number of amides is 2. The van der Waals surface area contributed by atoms with Gasteiger partial charge in [0.2, 0.25) is 11.8 Å². The number of nitrogens with two attached hydrogens (primary N) is 1. The minimum absolute atomic E-state index is 0.228. The number of methoxy groups -OCH3 is 1. The molecular weight excluding hydrogens is 348 g/mol. The molecule has 2 amide bonds. The number of carbonyl (C=O) groups excluding carboxylic acids is 2. The van der Waals surface area contributed by atoms with Crippen LogP contribution in [0.2, 0.25) is 0 Å². The van der Waals surface area contributed by atoms with E-state index in [-0.39, 0.29) is 23.4 Å². The quantitative estimate of drug-likeness (QED) is 0.709. The van der Waals surface area contributed by atoms with Crippen LogP contribution in [0.1, 0.15) is 15.9 Å². The molecule has 1 aromatic heterocycles. The fourth-order valence-corrected chi connectivity index (χ4v) is 2.75. The number of rotatable bonds is 5. The molecular formula is C19H18N4O4. The Balaban J connectivity index is 1.88. The second-order valence-corrected chi connectivity index (χ2v) is 5.98. The van der Waals surface area contributed by atoms with E-state index >= 15 is 0 Å². The van der Waals surface area contributed by atoms with E-state index < -0.39 is 11.8 Å². The Hall–Kier alpha value is -3.68. The highest BCUT2D eigenvalue weighted by molar-refractivity contribution is 5.97. The molecule has 27 heavy (non-hydrogen) atoms. The molecule has 0 aliphatic rings. The number of carbonyl (C=O) groups is 2. The number of anilines is 1. The first kappa shape index (κ1) is 18.1. The first-order chi connectivity index (χ1) is 12.9. The van der Waals surface area contributed by atoms with Crippen molar-refractivity contribution in [2.45, 2.75) is 13.5 Å². The first-order valence-corrected chi connectivity index (χ1v) is 8.13. The molecule has 8 heteroatoms. The van der Waals surface area contributed by atoms with Crippen molar-refractivity contribution in [1.82, 2.24) is 9.55 Å². The summed E-state index contributed by atoms with van der Waals surface area (Å²) in [5, 5.41) is 3.08. The standard InChI is InChI=1S/C19H18N4O4/c1-11-4-3-5-13-17(11)21-10-23(19(13)26)9-16(24)22-14-8-12(18(20)25)6-7-15(14)27-2/h3-8,10H,9H2,1-2H3,(H2,20,25)(H,22,24). The summed E-state index contributed by atoms with van der Waals surface area (Å²) < 4.78 is 6.40. The number of primary amides is 1. The Labute approximate surface area is 154 Å². The molecule has 0 aliphatic heterocycles. The Morgan fingerprint density at radius 1 is 1.26 bits per heavy atom. The molecule has 0 bridgehead atoms. The van der Waals surface area contributed by atoms with Crippen LogP contribution in [0, 0.1) is 6.92 Å². The maximum atomic E-state index is 12.6. The van der Waals surface area contributed by atoms with Gasteiger partial charge in [-0.15, -0.1) is 0 Å². The highest BCUT2D eigenvalue weighted by Gasteiger charge is 2.13. The summed E-state index contributed by atoms with van der Waals surface area (Å²) in [6.45, 7) is 1.63. The fraction of sp³-hybridized carbons (Fsp3) is 0.158. The molecule has 0 unspecified atom stereocenters. The third kappa shape index (κ3) is 3.64. The minimum Gasteiger partial charge on any atom is -0.495 e. The van der Waals surface area contributed by atoms with Crippen molar-refractivity contribution >= 4 is 28.4 Å². The number of nitrogens with one attached hydrogen (secondary N) is 1. The number of hydrogen-bond acceptors (Lipinski definition) is 5. The molecule has 0 spiro atoms. The summed E-state index contributed by atoms with van der Waals surface area (Å²) in [6, 6.07) is 9.75. The largest absolute Gasteiger partial charge is 0.495 e. The van der Waals surface area contributed by atoms with Crippen molar-refractivity contribution in [2.75, 3.05) is 12.4 Å². The van der Waals surface area contributed by atoms with Gasteiger partial charge in [-0.05, 0) is 36.8 Å². The van der Waals surface area contributed by atoms with Crippen molar-refractivity contribution in [3.05, 3.63) is 64.2 Å². The van der Waals surface area contributed by atoms with Gasteiger partial charge in [-0.3, -0.25) is 19.0 Å². The number of hydrogen-bond donors (Lipinski definition) is 2. The molecule has 0 saturated carbocycles. The van der Waals surface area contributed by atoms with Gasteiger partial charge in [-0.2, -0.15) is 0 Å². The number of nitrogens with zero attached hydrogens (tertiary/aromatic N) is 2. The second-order valence-electron chi connectivity index (χ2n) is 5.98. The smallest absolute Gasteiger partial charge is 0.261 e. The highest BCUT2D eigenvalue weighted by atomic mass is 16.5. The van der Waals surface area contributed by atoms with E-state index in [1.54, 1.807) is 12.1 Å². The zero-order valence-corrected chi connectivity index (χ0v) is 14.9. The van der Waals surface area contributed by atoms with Crippen LogP contribution in [-0.4, -0.2) is 28.5 Å². The van der Waals surface area contributed by atoms with Gasteiger partial charge in [0.1, 0.15) is 12.3 Å². The topological polar surface area (TPSA) is 116 Å². The normalized spacial score (nSPS) is 10.6. The third-order valence-corrected chi connectivity index (χ3v) is 4.13. The van der Waals surface area contributed by atoms with Crippen LogP contribution in [0.25, 0.3) is 10.9 Å². The van der Waals surface area contributed by atoms with E-state index in [1.165, 1.54) is 36.2 Å². The summed E-state index contributed by atoms with van der Waals surface area (Å²) in [5.74, 6) is -0.725. The van der Waals surface area contributed by atoms with E-state index in [1.807, 2.05) is 13.0 Å². The lowest BCUT2D eigenvalue weighted by Gasteiger charge is -2.12. The molecule has 138 valence electrons. The zero-order chi connectivity index (χ0) is 19.6. The number of ether oxygens (including phenoxy) is 1. The number of aryl methyl sites for hydroxylation is 1. The third-order valence-electron chi connectivity index (χ3n) is 4.13. The van der Waals surface area contributed by atoms with Gasteiger partial charge in [-0.1, -0.05) is 12.1 Å². The van der Waals surface area contributed by atoms with Gasteiger partial charge < -0.3 is 15.8 Å². The van der Waals surface area contributed by atoms with E-state index in [0.717, 1.165) is 5.56 Å². The van der Waals surface area contributed by atoms with Gasteiger partial charge in [0.15, 0.2) is 0 Å². The van der Waals surface area contributed by atoms with Crippen LogP contribution < -0.4 is 21.3 Å². The minimum atomic E-state index is -0.626. The number of fused-ring (bicyclic) bond motifs is 1. The second kappa shape index (κ2) is 7.28. The Morgan fingerprint density at radius 2 is 2.04 bits per heavy atom. The summed E-state index contributed by atoms with van der Waals surface area (Å²) in [7, 11) is 1.44. The molecule has 3 rings (SSSR count). The number of para-hydroxylation sites is 1. The van der Waals surface area contributed by atoms with Crippen molar-refractivity contribution in [3.8, 4) is 5.75 Å². The summed E-state index contributed by atoms with van der Waals surface area (Å²) in [6.07, 6.45) is 1.34. The molecule has 0 atom stereocenters. The van der Waals surface area contributed by atoms with Crippen molar-refractivity contribution in [3.63, 3.8) is 0 Å². The van der Waals surface area contributed by atoms with Gasteiger partial charge >= 0.3 is 0 Å². The zero-order valence-electron chi connectivity index (χ0n) is 14.9. The monoisotopic (exact) mass is 366 g/mol. The predicted molar refractivity (Wildman–Crippen MR) is 101 cm³/mol. The fourth-order valence-electron chi connectivity index (χ4n) is 2.75. The van der Waals surface area contributed by atoms with E-state index in [0.29, 0.717) is 16.7 Å². The van der Waals surface area contributed by atoms with Gasteiger partial charge in [-0.25, -0.2) is 4.98 Å². The number of aromatic nitrogens is 2.